The Bertz CT molecular complexity index is 1640. The summed E-state index contributed by atoms with van der Waals surface area (Å²) < 4.78 is 4.22. The normalized spacial score (nSPS) is 12.1. The molecule has 204 valence electrons. The van der Waals surface area contributed by atoms with Gasteiger partial charge in [-0.1, -0.05) is 74.5 Å². The van der Waals surface area contributed by atoms with Gasteiger partial charge < -0.3 is 19.6 Å². The lowest BCUT2D eigenvalue weighted by atomic mass is 10.00. The van der Waals surface area contributed by atoms with Crippen molar-refractivity contribution in [1.29, 1.82) is 0 Å². The van der Waals surface area contributed by atoms with E-state index in [9.17, 15) is 14.7 Å². The summed E-state index contributed by atoms with van der Waals surface area (Å²) >= 11 is 0. The zero-order valence-electron chi connectivity index (χ0n) is 23.4. The number of aliphatic carboxylic acids is 1. The average molecular weight is 534 g/mol. The van der Waals surface area contributed by atoms with Crippen LogP contribution in [0.5, 0.6) is 0 Å². The van der Waals surface area contributed by atoms with E-state index >= 15 is 0 Å². The maximum Gasteiger partial charge on any atom is 0.326 e. The number of carboxylic acids is 1. The van der Waals surface area contributed by atoms with Crippen LogP contribution in [0.2, 0.25) is 0 Å². The molecule has 2 heterocycles. The smallest absolute Gasteiger partial charge is 0.326 e. The topological polar surface area (TPSA) is 76.3 Å². The van der Waals surface area contributed by atoms with E-state index in [-0.39, 0.29) is 5.92 Å². The van der Waals surface area contributed by atoms with Crippen molar-refractivity contribution in [3.8, 4) is 16.8 Å². The van der Waals surface area contributed by atoms with Gasteiger partial charge in [-0.2, -0.15) is 0 Å². The van der Waals surface area contributed by atoms with E-state index in [0.29, 0.717) is 18.7 Å². The highest BCUT2D eigenvalue weighted by atomic mass is 16.4. The molecule has 0 aliphatic carbocycles. The van der Waals surface area contributed by atoms with Gasteiger partial charge in [-0.15, -0.1) is 0 Å². The number of hydrogen-bond donors (Lipinski definition) is 2. The van der Waals surface area contributed by atoms with Gasteiger partial charge in [-0.05, 0) is 67.6 Å². The van der Waals surface area contributed by atoms with E-state index < -0.39 is 17.9 Å². The van der Waals surface area contributed by atoms with Crippen LogP contribution in [0.3, 0.4) is 0 Å². The lowest BCUT2D eigenvalue weighted by Crippen LogP contribution is -2.42. The molecule has 0 aliphatic rings. The molecule has 0 fully saturated rings. The van der Waals surface area contributed by atoms with Crippen LogP contribution in [0.15, 0.2) is 91.0 Å². The number of amides is 1. The number of nitrogens with zero attached hydrogens (tertiary/aromatic N) is 2. The van der Waals surface area contributed by atoms with E-state index in [0.717, 1.165) is 44.7 Å². The van der Waals surface area contributed by atoms with Crippen LogP contribution in [0, 0.1) is 19.8 Å². The second kappa shape index (κ2) is 11.3. The minimum absolute atomic E-state index is 0.112. The van der Waals surface area contributed by atoms with Gasteiger partial charge in [0.2, 0.25) is 0 Å². The minimum atomic E-state index is -1.03. The number of nitrogens with one attached hydrogen (secondary N) is 1. The molecule has 0 unspecified atom stereocenters. The molecule has 3 aromatic carbocycles. The maximum atomic E-state index is 14.1. The summed E-state index contributed by atoms with van der Waals surface area (Å²) in [6, 6.07) is 29.4. The van der Waals surface area contributed by atoms with Gasteiger partial charge >= 0.3 is 5.97 Å². The van der Waals surface area contributed by atoms with Gasteiger partial charge in [0.15, 0.2) is 0 Å². The molecule has 0 bridgehead atoms. The highest BCUT2D eigenvalue weighted by molar-refractivity contribution is 6.11. The standard InChI is InChI=1S/C34H35N3O3/c1-22(2)19-29(34(39)40)35-33(38)32-31(26-13-9-6-10-14-26)28-20-27(37-23(3)15-16-24(37)4)17-18-30(28)36(32)21-25-11-7-5-8-12-25/h5-18,20,22,29H,19,21H2,1-4H3,(H,35,38)(H,39,40)/t29-/m0/s1. The minimum Gasteiger partial charge on any atom is -0.480 e. The average Bonchev–Trinajstić information content (AvgIpc) is 3.44. The summed E-state index contributed by atoms with van der Waals surface area (Å²) in [5.41, 5.74) is 7.37. The number of fused-ring (bicyclic) bond motifs is 1. The van der Waals surface area contributed by atoms with Crippen molar-refractivity contribution in [2.45, 2.75) is 46.7 Å². The third-order valence-corrected chi connectivity index (χ3v) is 7.35. The van der Waals surface area contributed by atoms with Crippen LogP contribution >= 0.6 is 0 Å². The summed E-state index contributed by atoms with van der Waals surface area (Å²) in [6.45, 7) is 8.54. The van der Waals surface area contributed by atoms with Gasteiger partial charge in [-0.3, -0.25) is 4.79 Å². The maximum absolute atomic E-state index is 14.1. The molecule has 40 heavy (non-hydrogen) atoms. The fraction of sp³-hybridized carbons (Fsp3) is 0.235. The molecule has 2 N–H and O–H groups in total. The van der Waals surface area contributed by atoms with Crippen molar-refractivity contribution in [3.05, 3.63) is 114 Å². The molecule has 2 aromatic heterocycles. The number of carbonyl (C=O) groups is 2. The molecular formula is C34H35N3O3. The van der Waals surface area contributed by atoms with E-state index in [4.69, 9.17) is 0 Å². The van der Waals surface area contributed by atoms with Crippen LogP contribution in [0.25, 0.3) is 27.7 Å². The van der Waals surface area contributed by atoms with Gasteiger partial charge in [0.05, 0.1) is 0 Å². The summed E-state index contributed by atoms with van der Waals surface area (Å²) in [6.07, 6.45) is 0.344. The van der Waals surface area contributed by atoms with Gasteiger partial charge in [0.1, 0.15) is 11.7 Å². The molecule has 0 radical (unpaired) electrons. The van der Waals surface area contributed by atoms with Crippen molar-refractivity contribution in [3.63, 3.8) is 0 Å². The summed E-state index contributed by atoms with van der Waals surface area (Å²) in [5.74, 6) is -1.32. The third kappa shape index (κ3) is 5.30. The number of benzene rings is 3. The number of carboxylic acid groups (broad SMARTS) is 1. The third-order valence-electron chi connectivity index (χ3n) is 7.35. The van der Waals surface area contributed by atoms with E-state index in [1.54, 1.807) is 0 Å². The molecule has 1 atom stereocenters. The van der Waals surface area contributed by atoms with Crippen molar-refractivity contribution in [2.75, 3.05) is 0 Å². The Hall–Kier alpha value is -4.58. The van der Waals surface area contributed by atoms with E-state index in [1.807, 2.05) is 79.1 Å². The van der Waals surface area contributed by atoms with Gasteiger partial charge in [0, 0.05) is 40.1 Å². The number of aromatic nitrogens is 2. The van der Waals surface area contributed by atoms with Gasteiger partial charge in [0.25, 0.3) is 5.91 Å². The first-order valence-corrected chi connectivity index (χ1v) is 13.7. The van der Waals surface area contributed by atoms with E-state index in [1.165, 1.54) is 0 Å². The number of rotatable bonds is 9. The number of aryl methyl sites for hydroxylation is 2. The Balaban J connectivity index is 1.78. The molecule has 0 saturated heterocycles. The molecule has 6 heteroatoms. The van der Waals surface area contributed by atoms with Crippen LogP contribution in [-0.4, -0.2) is 32.2 Å². The van der Waals surface area contributed by atoms with Gasteiger partial charge in [-0.25, -0.2) is 4.79 Å². The SMILES string of the molecule is Cc1ccc(C)n1-c1ccc2c(c1)c(-c1ccccc1)c(C(=O)N[C@@H](CC(C)C)C(=O)O)n2Cc1ccccc1. The summed E-state index contributed by atoms with van der Waals surface area (Å²) in [4.78, 5) is 26.3. The highest BCUT2D eigenvalue weighted by Crippen LogP contribution is 2.37. The lowest BCUT2D eigenvalue weighted by molar-refractivity contribution is -0.139. The first-order chi connectivity index (χ1) is 19.2. The Labute approximate surface area is 234 Å². The highest BCUT2D eigenvalue weighted by Gasteiger charge is 2.28. The summed E-state index contributed by atoms with van der Waals surface area (Å²) in [5, 5.41) is 13.7. The molecule has 5 rings (SSSR count). The van der Waals surface area contributed by atoms with Crippen LogP contribution < -0.4 is 5.32 Å². The second-order valence-electron chi connectivity index (χ2n) is 10.8. The first kappa shape index (κ1) is 27.0. The fourth-order valence-corrected chi connectivity index (χ4v) is 5.54. The molecular weight excluding hydrogens is 498 g/mol. The molecule has 5 aromatic rings. The van der Waals surface area contributed by atoms with Crippen molar-refractivity contribution < 1.29 is 14.7 Å². The Morgan fingerprint density at radius 3 is 2.08 bits per heavy atom. The number of hydrogen-bond acceptors (Lipinski definition) is 2. The Morgan fingerprint density at radius 1 is 0.850 bits per heavy atom. The fourth-order valence-electron chi connectivity index (χ4n) is 5.54. The van der Waals surface area contributed by atoms with Crippen LogP contribution in [0.1, 0.15) is 47.7 Å². The molecule has 0 spiro atoms. The number of carbonyl (C=O) groups excluding carboxylic acids is 1. The van der Waals surface area contributed by atoms with Crippen LogP contribution in [0.4, 0.5) is 0 Å². The Kier molecular flexibility index (Phi) is 7.60. The molecule has 6 nitrogen and oxygen atoms in total. The molecule has 0 aliphatic heterocycles. The summed E-state index contributed by atoms with van der Waals surface area (Å²) in [7, 11) is 0. The Morgan fingerprint density at radius 2 is 1.48 bits per heavy atom. The zero-order valence-corrected chi connectivity index (χ0v) is 23.4. The van der Waals surface area contributed by atoms with Crippen LogP contribution in [-0.2, 0) is 11.3 Å². The van der Waals surface area contributed by atoms with Crippen molar-refractivity contribution >= 4 is 22.8 Å². The first-order valence-electron chi connectivity index (χ1n) is 13.7. The van der Waals surface area contributed by atoms with E-state index in [2.05, 4.69) is 54.1 Å². The largest absolute Gasteiger partial charge is 0.480 e. The van der Waals surface area contributed by atoms with Crippen molar-refractivity contribution in [2.24, 2.45) is 5.92 Å². The zero-order chi connectivity index (χ0) is 28.4. The molecule has 0 saturated carbocycles. The molecule has 1 amide bonds. The monoisotopic (exact) mass is 533 g/mol. The quantitative estimate of drug-likeness (QED) is 0.214. The predicted molar refractivity (Wildman–Crippen MR) is 160 cm³/mol. The van der Waals surface area contributed by atoms with Crippen molar-refractivity contribution in [1.82, 2.24) is 14.5 Å². The lowest BCUT2D eigenvalue weighted by Gasteiger charge is -2.18. The predicted octanol–water partition coefficient (Wildman–Crippen LogP) is 6.99. The second-order valence-corrected chi connectivity index (χ2v) is 10.8.